The fourth-order valence-corrected chi connectivity index (χ4v) is 4.31. The second-order valence-electron chi connectivity index (χ2n) is 8.09. The van der Waals surface area contributed by atoms with E-state index in [2.05, 4.69) is 0 Å². The molecule has 0 heterocycles. The number of hydrogen-bond donors (Lipinski definition) is 0. The van der Waals surface area contributed by atoms with Crippen LogP contribution < -0.4 is 0 Å². The van der Waals surface area contributed by atoms with E-state index in [-0.39, 0.29) is 12.1 Å². The van der Waals surface area contributed by atoms with Gasteiger partial charge in [-0.05, 0) is 46.5 Å². The van der Waals surface area contributed by atoms with Crippen LogP contribution in [0, 0.1) is 68.6 Å². The molecule has 0 bridgehead atoms. The highest BCUT2D eigenvalue weighted by molar-refractivity contribution is 6.14. The Balaban J connectivity index is 2.29. The van der Waals surface area contributed by atoms with Gasteiger partial charge in [-0.1, -0.05) is 0 Å². The second-order valence-corrected chi connectivity index (χ2v) is 8.09. The zero-order valence-electron chi connectivity index (χ0n) is 18.9. The van der Waals surface area contributed by atoms with Gasteiger partial charge in [-0.15, -0.1) is 0 Å². The molecule has 0 fully saturated rings. The molecule has 0 aromatic heterocycles. The van der Waals surface area contributed by atoms with Crippen LogP contribution in [-0.4, -0.2) is 0 Å². The number of allylic oxidation sites excluding steroid dienone is 1. The maximum Gasteiger partial charge on any atom is 0.417 e. The number of fused-ring (bicyclic) bond motifs is 3. The van der Waals surface area contributed by atoms with Gasteiger partial charge in [0.2, 0.25) is 0 Å². The molecule has 1 aliphatic rings. The summed E-state index contributed by atoms with van der Waals surface area (Å²) in [5.41, 5.74) is -13.6. The Bertz CT molecular complexity index is 1740. The fourth-order valence-electron chi connectivity index (χ4n) is 4.31. The van der Waals surface area contributed by atoms with Crippen LogP contribution in [0.4, 0.5) is 43.9 Å². The Kier molecular flexibility index (Phi) is 6.33. The number of nitrogens with zero attached hydrogens (tertiary/aromatic N) is 4. The molecule has 0 unspecified atom stereocenters. The first-order valence-corrected chi connectivity index (χ1v) is 10.3. The van der Waals surface area contributed by atoms with Gasteiger partial charge in [0.05, 0.1) is 45.5 Å². The van der Waals surface area contributed by atoms with Crippen LogP contribution in [0.3, 0.4) is 0 Å². The van der Waals surface area contributed by atoms with Crippen molar-refractivity contribution >= 4 is 11.1 Å². The molecular formula is C26H4F10N4. The zero-order chi connectivity index (χ0) is 29.9. The molecule has 4 rings (SSSR count). The smallest absolute Gasteiger partial charge is 0.203 e. The summed E-state index contributed by atoms with van der Waals surface area (Å²) in [4.78, 5) is 0. The lowest BCUT2D eigenvalue weighted by atomic mass is 9.90. The first-order valence-electron chi connectivity index (χ1n) is 10.3. The van der Waals surface area contributed by atoms with Gasteiger partial charge in [0.1, 0.15) is 17.7 Å². The zero-order valence-corrected chi connectivity index (χ0v) is 18.9. The molecule has 0 spiro atoms. The lowest BCUT2D eigenvalue weighted by Crippen LogP contribution is -2.09. The molecule has 4 nitrogen and oxygen atoms in total. The van der Waals surface area contributed by atoms with E-state index in [0.717, 1.165) is 6.07 Å². The minimum absolute atomic E-state index is 0.271. The molecule has 0 atom stereocenters. The number of halogens is 10. The van der Waals surface area contributed by atoms with E-state index in [1.807, 2.05) is 0 Å². The second kappa shape index (κ2) is 9.14. The predicted octanol–water partition coefficient (Wildman–Crippen LogP) is 7.36. The van der Waals surface area contributed by atoms with Crippen LogP contribution in [-0.2, 0) is 12.4 Å². The maximum atomic E-state index is 14.9. The van der Waals surface area contributed by atoms with E-state index in [1.165, 1.54) is 18.2 Å². The first kappa shape index (κ1) is 27.7. The third-order valence-electron chi connectivity index (χ3n) is 5.98. The van der Waals surface area contributed by atoms with Crippen LogP contribution in [0.5, 0.6) is 0 Å². The highest BCUT2D eigenvalue weighted by Gasteiger charge is 2.41. The van der Waals surface area contributed by atoms with Gasteiger partial charge in [0, 0.05) is 5.57 Å². The molecule has 1 aliphatic carbocycles. The third kappa shape index (κ3) is 3.98. The van der Waals surface area contributed by atoms with E-state index >= 15 is 0 Å². The van der Waals surface area contributed by atoms with Crippen molar-refractivity contribution in [2.24, 2.45) is 0 Å². The maximum absolute atomic E-state index is 14.9. The molecular weight excluding hydrogens is 558 g/mol. The minimum Gasteiger partial charge on any atom is -0.203 e. The standard InChI is InChI=1S/C26H4F10N4/c27-21-16(8-40)22(28)24(30)20(23(21)29)15(7-39)19-13-1-9(5-37)17(25(31,32)33)3-11(13)12-4-18(26(34,35)36)10(6-38)2-14(12)19/h1-4H. The number of rotatable bonds is 1. The number of nitriles is 4. The summed E-state index contributed by atoms with van der Waals surface area (Å²) in [6.07, 6.45) is -10.4. The summed E-state index contributed by atoms with van der Waals surface area (Å²) in [5, 5.41) is 37.3. The third-order valence-corrected chi connectivity index (χ3v) is 5.98. The van der Waals surface area contributed by atoms with Crippen LogP contribution in [0.1, 0.15) is 44.5 Å². The summed E-state index contributed by atoms with van der Waals surface area (Å²) in [7, 11) is 0. The van der Waals surface area contributed by atoms with Gasteiger partial charge in [0.25, 0.3) is 0 Å². The SMILES string of the molecule is N#CC(=C1c2cc(C#N)c(C(F)(F)F)cc2-c2cc(C(F)(F)F)c(C#N)cc21)c1c(F)c(F)c(C#N)c(F)c1F. The van der Waals surface area contributed by atoms with Crippen molar-refractivity contribution in [1.29, 1.82) is 21.0 Å². The molecule has 40 heavy (non-hydrogen) atoms. The van der Waals surface area contributed by atoms with E-state index in [9.17, 15) is 59.7 Å². The summed E-state index contributed by atoms with van der Waals surface area (Å²) >= 11 is 0. The average molecular weight is 562 g/mol. The van der Waals surface area contributed by atoms with E-state index in [1.54, 1.807) is 0 Å². The summed E-state index contributed by atoms with van der Waals surface area (Å²) in [6.45, 7) is 0. The van der Waals surface area contributed by atoms with E-state index in [4.69, 9.17) is 5.26 Å². The first-order chi connectivity index (χ1) is 18.6. The fraction of sp³-hybridized carbons (Fsp3) is 0.0769. The predicted molar refractivity (Wildman–Crippen MR) is 114 cm³/mol. The van der Waals surface area contributed by atoms with Crippen molar-refractivity contribution in [2.75, 3.05) is 0 Å². The van der Waals surface area contributed by atoms with Crippen LogP contribution >= 0.6 is 0 Å². The van der Waals surface area contributed by atoms with Crippen molar-refractivity contribution in [3.05, 3.63) is 92.0 Å². The van der Waals surface area contributed by atoms with Crippen LogP contribution in [0.2, 0.25) is 0 Å². The minimum atomic E-state index is -5.21. The molecule has 3 aromatic carbocycles. The van der Waals surface area contributed by atoms with Gasteiger partial charge < -0.3 is 0 Å². The highest BCUT2D eigenvalue weighted by Crippen LogP contribution is 2.52. The summed E-state index contributed by atoms with van der Waals surface area (Å²) in [5.74, 6) is -8.96. The molecule has 14 heteroatoms. The molecule has 198 valence electrons. The molecule has 0 aliphatic heterocycles. The van der Waals surface area contributed by atoms with Gasteiger partial charge >= 0.3 is 12.4 Å². The lowest BCUT2D eigenvalue weighted by Gasteiger charge is -2.14. The van der Waals surface area contributed by atoms with Crippen molar-refractivity contribution in [2.45, 2.75) is 12.4 Å². The monoisotopic (exact) mass is 562 g/mol. The molecule has 0 N–H and O–H groups in total. The molecule has 0 saturated carbocycles. The summed E-state index contributed by atoms with van der Waals surface area (Å²) < 4.78 is 141. The van der Waals surface area contributed by atoms with Crippen molar-refractivity contribution < 1.29 is 43.9 Å². The normalized spacial score (nSPS) is 12.1. The van der Waals surface area contributed by atoms with Gasteiger partial charge in [-0.3, -0.25) is 0 Å². The Labute approximate surface area is 216 Å². The molecule has 0 amide bonds. The average Bonchev–Trinajstić information content (AvgIpc) is 3.20. The largest absolute Gasteiger partial charge is 0.417 e. The topological polar surface area (TPSA) is 95.2 Å². The van der Waals surface area contributed by atoms with Gasteiger partial charge in [-0.25, -0.2) is 17.6 Å². The number of benzene rings is 3. The Morgan fingerprint density at radius 1 is 0.550 bits per heavy atom. The van der Waals surface area contributed by atoms with E-state index in [0.29, 0.717) is 12.1 Å². The lowest BCUT2D eigenvalue weighted by molar-refractivity contribution is -0.138. The summed E-state index contributed by atoms with van der Waals surface area (Å²) in [6, 6.07) is 6.10. The van der Waals surface area contributed by atoms with Crippen molar-refractivity contribution in [3.63, 3.8) is 0 Å². The molecule has 0 radical (unpaired) electrons. The molecule has 0 saturated heterocycles. The van der Waals surface area contributed by atoms with Gasteiger partial charge in [0.15, 0.2) is 23.3 Å². The quantitative estimate of drug-likeness (QED) is 0.138. The Hall–Kier alpha value is -5.34. The Morgan fingerprint density at radius 3 is 1.25 bits per heavy atom. The van der Waals surface area contributed by atoms with Gasteiger partial charge in [-0.2, -0.15) is 47.4 Å². The van der Waals surface area contributed by atoms with Crippen LogP contribution in [0.15, 0.2) is 24.3 Å². The number of hydrogen-bond acceptors (Lipinski definition) is 4. The Morgan fingerprint density at radius 2 is 0.950 bits per heavy atom. The van der Waals surface area contributed by atoms with Crippen molar-refractivity contribution in [1.82, 2.24) is 0 Å². The highest BCUT2D eigenvalue weighted by atomic mass is 19.4. The van der Waals surface area contributed by atoms with Crippen LogP contribution in [0.25, 0.3) is 22.3 Å². The van der Waals surface area contributed by atoms with Crippen molar-refractivity contribution in [3.8, 4) is 35.4 Å². The molecule has 3 aromatic rings. The van der Waals surface area contributed by atoms with E-state index < -0.39 is 102 Å². The number of alkyl halides is 6.